The van der Waals surface area contributed by atoms with E-state index in [1.807, 2.05) is 0 Å². The Labute approximate surface area is 111 Å². The summed E-state index contributed by atoms with van der Waals surface area (Å²) >= 11 is 0. The summed E-state index contributed by atoms with van der Waals surface area (Å²) in [5.41, 5.74) is 0.601. The molecule has 2 rings (SSSR count). The lowest BCUT2D eigenvalue weighted by molar-refractivity contribution is 0.104. The number of ether oxygens (including phenoxy) is 1. The molecule has 0 amide bonds. The van der Waals surface area contributed by atoms with E-state index in [9.17, 15) is 9.18 Å². The topological polar surface area (TPSA) is 26.3 Å². The molecule has 0 aliphatic heterocycles. The summed E-state index contributed by atoms with van der Waals surface area (Å²) in [4.78, 5) is 11.6. The number of benzene rings is 2. The molecule has 0 aliphatic carbocycles. The van der Waals surface area contributed by atoms with Gasteiger partial charge in [-0.15, -0.1) is 0 Å². The third-order valence-corrected chi connectivity index (χ3v) is 2.51. The van der Waals surface area contributed by atoms with Crippen molar-refractivity contribution in [3.63, 3.8) is 0 Å². The first-order valence-electron chi connectivity index (χ1n) is 5.89. The van der Waals surface area contributed by atoms with Crippen molar-refractivity contribution >= 4 is 5.78 Å². The number of ketones is 1. The number of hydrogen-bond acceptors (Lipinski definition) is 2. The predicted molar refractivity (Wildman–Crippen MR) is 72.1 cm³/mol. The summed E-state index contributed by atoms with van der Waals surface area (Å²) < 4.78 is 18.3. The minimum absolute atomic E-state index is 0.0455. The molecule has 2 nitrogen and oxygen atoms in total. The van der Waals surface area contributed by atoms with Crippen LogP contribution in [-0.4, -0.2) is 5.78 Å². The zero-order valence-electron chi connectivity index (χ0n) is 10.5. The van der Waals surface area contributed by atoms with E-state index < -0.39 is 0 Å². The Kier molecular flexibility index (Phi) is 4.08. The van der Waals surface area contributed by atoms with Crippen LogP contribution in [0.1, 0.15) is 17.3 Å². The van der Waals surface area contributed by atoms with Gasteiger partial charge in [0.1, 0.15) is 17.3 Å². The van der Waals surface area contributed by atoms with Crippen LogP contribution < -0.4 is 4.74 Å². The van der Waals surface area contributed by atoms with Crippen LogP contribution in [0.4, 0.5) is 4.39 Å². The number of halogens is 1. The molecular formula is C16H13FO2. The number of hydrogen-bond donors (Lipinski definition) is 0. The molecule has 0 saturated heterocycles. The van der Waals surface area contributed by atoms with Gasteiger partial charge in [-0.25, -0.2) is 4.39 Å². The van der Waals surface area contributed by atoms with Gasteiger partial charge in [0.25, 0.3) is 0 Å². The second-order valence-electron chi connectivity index (χ2n) is 3.94. The first-order chi connectivity index (χ1) is 9.19. The highest BCUT2D eigenvalue weighted by molar-refractivity contribution is 6.04. The summed E-state index contributed by atoms with van der Waals surface area (Å²) in [6.45, 7) is 1.80. The van der Waals surface area contributed by atoms with Gasteiger partial charge in [-0.2, -0.15) is 0 Å². The largest absolute Gasteiger partial charge is 0.457 e. The molecule has 0 aliphatic rings. The van der Waals surface area contributed by atoms with Gasteiger partial charge < -0.3 is 4.74 Å². The average Bonchev–Trinajstić information content (AvgIpc) is 2.42. The maximum Gasteiger partial charge on any atom is 0.185 e. The quantitative estimate of drug-likeness (QED) is 0.599. The van der Waals surface area contributed by atoms with Crippen molar-refractivity contribution in [2.24, 2.45) is 0 Å². The third-order valence-electron chi connectivity index (χ3n) is 2.51. The Hall–Kier alpha value is -2.42. The lowest BCUT2D eigenvalue weighted by Crippen LogP contribution is -1.93. The lowest BCUT2D eigenvalue weighted by atomic mass is 10.1. The summed E-state index contributed by atoms with van der Waals surface area (Å²) in [6.07, 6.45) is 3.21. The van der Waals surface area contributed by atoms with E-state index in [1.165, 1.54) is 18.2 Å². The zero-order valence-corrected chi connectivity index (χ0v) is 10.5. The molecule has 0 N–H and O–H groups in total. The Morgan fingerprint density at radius 1 is 1.00 bits per heavy atom. The average molecular weight is 256 g/mol. The Balaban J connectivity index is 2.10. The van der Waals surface area contributed by atoms with Crippen molar-refractivity contribution in [2.75, 3.05) is 0 Å². The van der Waals surface area contributed by atoms with Gasteiger partial charge in [-0.3, -0.25) is 4.79 Å². The predicted octanol–water partition coefficient (Wildman–Crippen LogP) is 4.38. The maximum absolute atomic E-state index is 12.7. The van der Waals surface area contributed by atoms with Gasteiger partial charge in [0.05, 0.1) is 0 Å². The molecule has 0 aromatic heterocycles. The van der Waals surface area contributed by atoms with Gasteiger partial charge >= 0.3 is 0 Å². The van der Waals surface area contributed by atoms with Gasteiger partial charge in [0.15, 0.2) is 5.78 Å². The van der Waals surface area contributed by atoms with Crippen LogP contribution in [0.3, 0.4) is 0 Å². The molecule has 0 radical (unpaired) electrons. The van der Waals surface area contributed by atoms with Crippen molar-refractivity contribution < 1.29 is 13.9 Å². The lowest BCUT2D eigenvalue weighted by Gasteiger charge is -2.05. The van der Waals surface area contributed by atoms with Crippen LogP contribution in [0, 0.1) is 5.82 Å². The number of allylic oxidation sites excluding steroid dienone is 2. The molecule has 3 heteroatoms. The van der Waals surface area contributed by atoms with Crippen molar-refractivity contribution in [1.29, 1.82) is 0 Å². The summed E-state index contributed by atoms with van der Waals surface area (Å²) in [5, 5.41) is 0. The fraction of sp³-hybridized carbons (Fsp3) is 0.0625. The minimum Gasteiger partial charge on any atom is -0.457 e. The van der Waals surface area contributed by atoms with E-state index in [0.29, 0.717) is 17.1 Å². The molecule has 0 bridgehead atoms. The first-order valence-corrected chi connectivity index (χ1v) is 5.89. The highest BCUT2D eigenvalue weighted by Gasteiger charge is 2.02. The van der Waals surface area contributed by atoms with Crippen LogP contribution >= 0.6 is 0 Å². The van der Waals surface area contributed by atoms with E-state index in [1.54, 1.807) is 49.4 Å². The number of carbonyl (C=O) groups excluding carboxylic acids is 1. The molecule has 0 atom stereocenters. The SMILES string of the molecule is C/C=C\C(=O)c1ccc(Oc2ccc(F)cc2)cc1. The van der Waals surface area contributed by atoms with E-state index in [0.717, 1.165) is 0 Å². The second-order valence-corrected chi connectivity index (χ2v) is 3.94. The molecule has 96 valence electrons. The highest BCUT2D eigenvalue weighted by Crippen LogP contribution is 2.22. The highest BCUT2D eigenvalue weighted by atomic mass is 19.1. The monoisotopic (exact) mass is 256 g/mol. The smallest absolute Gasteiger partial charge is 0.185 e. The van der Waals surface area contributed by atoms with Gasteiger partial charge in [-0.05, 0) is 61.5 Å². The van der Waals surface area contributed by atoms with Crippen molar-refractivity contribution in [3.8, 4) is 11.5 Å². The summed E-state index contributed by atoms with van der Waals surface area (Å²) in [6, 6.07) is 12.6. The van der Waals surface area contributed by atoms with Crippen molar-refractivity contribution in [2.45, 2.75) is 6.92 Å². The number of carbonyl (C=O) groups is 1. The summed E-state index contributed by atoms with van der Waals surface area (Å²) in [7, 11) is 0. The molecule has 2 aromatic rings. The van der Waals surface area contributed by atoms with Gasteiger partial charge in [0.2, 0.25) is 0 Å². The molecule has 0 heterocycles. The maximum atomic E-state index is 12.7. The van der Waals surface area contributed by atoms with Crippen LogP contribution in [-0.2, 0) is 0 Å². The zero-order chi connectivity index (χ0) is 13.7. The first kappa shape index (κ1) is 13.0. The van der Waals surface area contributed by atoms with Gasteiger partial charge in [0, 0.05) is 5.56 Å². The minimum atomic E-state index is -0.306. The Bertz CT molecular complexity index is 583. The Morgan fingerprint density at radius 2 is 1.53 bits per heavy atom. The van der Waals surface area contributed by atoms with E-state index >= 15 is 0 Å². The number of rotatable bonds is 4. The van der Waals surface area contributed by atoms with Crippen LogP contribution in [0.2, 0.25) is 0 Å². The van der Waals surface area contributed by atoms with Crippen LogP contribution in [0.25, 0.3) is 0 Å². The molecule has 0 spiro atoms. The fourth-order valence-corrected chi connectivity index (χ4v) is 1.57. The summed E-state index contributed by atoms with van der Waals surface area (Å²) in [5.74, 6) is 0.799. The molecule has 0 saturated carbocycles. The molecule has 2 aromatic carbocycles. The Morgan fingerprint density at radius 3 is 2.05 bits per heavy atom. The van der Waals surface area contributed by atoms with E-state index in [4.69, 9.17) is 4.74 Å². The van der Waals surface area contributed by atoms with Crippen LogP contribution in [0.5, 0.6) is 11.5 Å². The molecule has 19 heavy (non-hydrogen) atoms. The van der Waals surface area contributed by atoms with E-state index in [2.05, 4.69) is 0 Å². The molecule has 0 unspecified atom stereocenters. The van der Waals surface area contributed by atoms with E-state index in [-0.39, 0.29) is 11.6 Å². The van der Waals surface area contributed by atoms with Gasteiger partial charge in [-0.1, -0.05) is 6.08 Å². The van der Waals surface area contributed by atoms with Crippen LogP contribution in [0.15, 0.2) is 60.7 Å². The van der Waals surface area contributed by atoms with Crippen molar-refractivity contribution in [3.05, 3.63) is 72.1 Å². The third kappa shape index (κ3) is 3.52. The standard InChI is InChI=1S/C16H13FO2/c1-2-3-16(18)12-4-8-14(9-5-12)19-15-10-6-13(17)7-11-15/h2-11H,1H3/b3-2-. The van der Waals surface area contributed by atoms with Crippen molar-refractivity contribution in [1.82, 2.24) is 0 Å². The molecule has 0 fully saturated rings. The molecular weight excluding hydrogens is 243 g/mol. The normalized spacial score (nSPS) is 10.6. The fourth-order valence-electron chi connectivity index (χ4n) is 1.57. The second kappa shape index (κ2) is 5.96.